The van der Waals surface area contributed by atoms with Crippen molar-refractivity contribution in [3.05, 3.63) is 42.5 Å². The number of aryl methyl sites for hydroxylation is 1. The standard InChI is InChI=1S/C20H22N8O/c1-3-4-13-7-10-29-18-12-14(11-17-25-26-19(13)28(17)18)15-5-8-21-20(23-15)24-16-6-9-22-27(16)2/h5-6,8-9,11-13H,3-4,7,10H2,1-2H3,(H,21,23,24)/t13-/m1/s1. The number of nitrogens with zero attached hydrogens (tertiary/aromatic N) is 7. The summed E-state index contributed by atoms with van der Waals surface area (Å²) >= 11 is 0. The number of aromatic nitrogens is 7. The van der Waals surface area contributed by atoms with Crippen LogP contribution < -0.4 is 10.1 Å². The smallest absolute Gasteiger partial charge is 0.228 e. The van der Waals surface area contributed by atoms with Gasteiger partial charge in [-0.25, -0.2) is 14.4 Å². The maximum Gasteiger partial charge on any atom is 0.228 e. The number of pyridine rings is 1. The summed E-state index contributed by atoms with van der Waals surface area (Å²) in [5.74, 6) is 3.44. The van der Waals surface area contributed by atoms with E-state index in [1.54, 1.807) is 17.1 Å². The molecule has 4 aromatic rings. The first kappa shape index (κ1) is 17.6. The van der Waals surface area contributed by atoms with E-state index in [2.05, 4.69) is 37.5 Å². The van der Waals surface area contributed by atoms with Crippen LogP contribution in [0, 0.1) is 0 Å². The third kappa shape index (κ3) is 3.18. The zero-order valence-electron chi connectivity index (χ0n) is 16.4. The van der Waals surface area contributed by atoms with E-state index in [0.29, 0.717) is 18.5 Å². The largest absolute Gasteiger partial charge is 0.478 e. The molecule has 1 aliphatic rings. The molecule has 0 unspecified atom stereocenters. The van der Waals surface area contributed by atoms with Crippen LogP contribution in [0.3, 0.4) is 0 Å². The van der Waals surface area contributed by atoms with Gasteiger partial charge in [-0.15, -0.1) is 10.2 Å². The molecule has 1 aliphatic heterocycles. The van der Waals surface area contributed by atoms with Crippen molar-refractivity contribution in [2.75, 3.05) is 11.9 Å². The molecule has 0 saturated carbocycles. The van der Waals surface area contributed by atoms with Gasteiger partial charge in [-0.3, -0.25) is 4.68 Å². The van der Waals surface area contributed by atoms with Crippen molar-refractivity contribution in [3.63, 3.8) is 0 Å². The van der Waals surface area contributed by atoms with Gasteiger partial charge in [0, 0.05) is 36.9 Å². The lowest BCUT2D eigenvalue weighted by Crippen LogP contribution is -2.04. The molecular weight excluding hydrogens is 368 g/mol. The van der Waals surface area contributed by atoms with Crippen molar-refractivity contribution >= 4 is 17.4 Å². The van der Waals surface area contributed by atoms with Gasteiger partial charge in [-0.05, 0) is 25.0 Å². The Kier molecular flexibility index (Phi) is 4.34. The Morgan fingerprint density at radius 1 is 1.21 bits per heavy atom. The summed E-state index contributed by atoms with van der Waals surface area (Å²) in [7, 11) is 1.86. The number of rotatable bonds is 5. The van der Waals surface area contributed by atoms with Gasteiger partial charge in [0.2, 0.25) is 11.8 Å². The molecule has 0 aromatic carbocycles. The third-order valence-corrected chi connectivity index (χ3v) is 5.23. The van der Waals surface area contributed by atoms with Gasteiger partial charge in [-0.1, -0.05) is 13.3 Å². The Balaban J connectivity index is 1.54. The molecule has 0 bridgehead atoms. The van der Waals surface area contributed by atoms with Crippen molar-refractivity contribution in [3.8, 4) is 17.1 Å². The van der Waals surface area contributed by atoms with Crippen LogP contribution in [0.25, 0.3) is 16.9 Å². The first-order valence-corrected chi connectivity index (χ1v) is 9.83. The van der Waals surface area contributed by atoms with E-state index in [1.165, 1.54) is 0 Å². The maximum atomic E-state index is 6.06. The van der Waals surface area contributed by atoms with E-state index in [-0.39, 0.29) is 0 Å². The lowest BCUT2D eigenvalue weighted by atomic mass is 9.99. The lowest BCUT2D eigenvalue weighted by Gasteiger charge is -2.10. The van der Waals surface area contributed by atoms with Gasteiger partial charge >= 0.3 is 0 Å². The van der Waals surface area contributed by atoms with Gasteiger partial charge in [0.1, 0.15) is 11.6 Å². The quantitative estimate of drug-likeness (QED) is 0.558. The summed E-state index contributed by atoms with van der Waals surface area (Å²) in [5.41, 5.74) is 2.47. The molecule has 5 rings (SSSR count). The predicted octanol–water partition coefficient (Wildman–Crippen LogP) is 3.33. The van der Waals surface area contributed by atoms with Gasteiger partial charge in [-0.2, -0.15) is 5.10 Å². The topological polar surface area (TPSA) is 95.0 Å². The minimum atomic E-state index is 0.371. The van der Waals surface area contributed by atoms with E-state index in [9.17, 15) is 0 Å². The SMILES string of the molecule is CCC[C@@H]1CCOc2cc(-c3ccnc(Nc4ccnn4C)n3)cc3nnc1n23. The van der Waals surface area contributed by atoms with E-state index >= 15 is 0 Å². The fraction of sp³-hybridized carbons (Fsp3) is 0.350. The zero-order valence-corrected chi connectivity index (χ0v) is 16.4. The number of hydrogen-bond acceptors (Lipinski definition) is 7. The fourth-order valence-corrected chi connectivity index (χ4v) is 3.77. The first-order chi connectivity index (χ1) is 14.2. The summed E-state index contributed by atoms with van der Waals surface area (Å²) in [6.45, 7) is 2.86. The van der Waals surface area contributed by atoms with Crippen LogP contribution in [0.1, 0.15) is 37.9 Å². The summed E-state index contributed by atoms with van der Waals surface area (Å²) in [6.07, 6.45) is 6.60. The molecule has 0 aliphatic carbocycles. The molecule has 0 radical (unpaired) electrons. The lowest BCUT2D eigenvalue weighted by molar-refractivity contribution is 0.294. The molecule has 1 atom stereocenters. The number of anilines is 2. The highest BCUT2D eigenvalue weighted by atomic mass is 16.5. The molecular formula is C20H22N8O. The van der Waals surface area contributed by atoms with E-state index in [4.69, 9.17) is 4.74 Å². The molecule has 29 heavy (non-hydrogen) atoms. The minimum Gasteiger partial charge on any atom is -0.478 e. The summed E-state index contributed by atoms with van der Waals surface area (Å²) in [6, 6.07) is 7.74. The van der Waals surface area contributed by atoms with Crippen molar-refractivity contribution in [1.29, 1.82) is 0 Å². The second kappa shape index (κ2) is 7.16. The van der Waals surface area contributed by atoms with Crippen LogP contribution in [-0.2, 0) is 7.05 Å². The Morgan fingerprint density at radius 3 is 2.97 bits per heavy atom. The summed E-state index contributed by atoms with van der Waals surface area (Å²) in [4.78, 5) is 8.98. The normalized spacial score (nSPS) is 15.9. The van der Waals surface area contributed by atoms with Crippen molar-refractivity contribution in [1.82, 2.24) is 34.3 Å². The molecule has 0 saturated heterocycles. The van der Waals surface area contributed by atoms with Gasteiger partial charge in [0.05, 0.1) is 18.5 Å². The zero-order chi connectivity index (χ0) is 19.8. The van der Waals surface area contributed by atoms with Crippen LogP contribution in [0.15, 0.2) is 36.7 Å². The van der Waals surface area contributed by atoms with Crippen LogP contribution >= 0.6 is 0 Å². The third-order valence-electron chi connectivity index (χ3n) is 5.23. The maximum absolute atomic E-state index is 6.06. The monoisotopic (exact) mass is 390 g/mol. The average Bonchev–Trinajstić information content (AvgIpc) is 3.29. The summed E-state index contributed by atoms with van der Waals surface area (Å²) in [5, 5.41) is 16.2. The van der Waals surface area contributed by atoms with Crippen molar-refractivity contribution in [2.24, 2.45) is 7.05 Å². The number of nitrogens with one attached hydrogen (secondary N) is 1. The molecule has 5 heterocycles. The molecule has 0 spiro atoms. The van der Waals surface area contributed by atoms with Crippen LogP contribution in [0.5, 0.6) is 5.88 Å². The second-order valence-corrected chi connectivity index (χ2v) is 7.19. The minimum absolute atomic E-state index is 0.371. The van der Waals surface area contributed by atoms with E-state index < -0.39 is 0 Å². The van der Waals surface area contributed by atoms with Crippen molar-refractivity contribution < 1.29 is 4.74 Å². The highest BCUT2D eigenvalue weighted by Gasteiger charge is 2.24. The number of hydrogen-bond donors (Lipinski definition) is 1. The first-order valence-electron chi connectivity index (χ1n) is 9.83. The van der Waals surface area contributed by atoms with Gasteiger partial charge < -0.3 is 10.1 Å². The summed E-state index contributed by atoms with van der Waals surface area (Å²) < 4.78 is 9.83. The molecule has 148 valence electrons. The Labute approximate surface area is 167 Å². The van der Waals surface area contributed by atoms with E-state index in [0.717, 1.165) is 53.7 Å². The number of ether oxygens (including phenoxy) is 1. The molecule has 1 N–H and O–H groups in total. The van der Waals surface area contributed by atoms with Gasteiger partial charge in [0.25, 0.3) is 0 Å². The molecule has 9 heteroatoms. The molecule has 9 nitrogen and oxygen atoms in total. The Morgan fingerprint density at radius 2 is 2.14 bits per heavy atom. The van der Waals surface area contributed by atoms with Crippen LogP contribution in [-0.4, -0.2) is 41.0 Å². The van der Waals surface area contributed by atoms with Gasteiger partial charge in [0.15, 0.2) is 5.65 Å². The molecule has 4 aromatic heterocycles. The molecule has 0 fully saturated rings. The fourth-order valence-electron chi connectivity index (χ4n) is 3.77. The van der Waals surface area contributed by atoms with Crippen LogP contribution in [0.2, 0.25) is 0 Å². The average molecular weight is 390 g/mol. The molecule has 0 amide bonds. The highest BCUT2D eigenvalue weighted by molar-refractivity contribution is 5.67. The second-order valence-electron chi connectivity index (χ2n) is 7.19. The van der Waals surface area contributed by atoms with Crippen LogP contribution in [0.4, 0.5) is 11.8 Å². The predicted molar refractivity (Wildman–Crippen MR) is 108 cm³/mol. The Hall–Kier alpha value is -3.49. The van der Waals surface area contributed by atoms with Crippen molar-refractivity contribution in [2.45, 2.75) is 32.1 Å². The van der Waals surface area contributed by atoms with E-state index in [1.807, 2.05) is 35.7 Å². The highest BCUT2D eigenvalue weighted by Crippen LogP contribution is 2.33. The Bertz CT molecular complexity index is 1160.